The number of rotatable bonds is 3. The Hall–Kier alpha value is -3.34. The van der Waals surface area contributed by atoms with E-state index in [1.165, 1.54) is 11.1 Å². The van der Waals surface area contributed by atoms with Crippen LogP contribution in [-0.2, 0) is 12.8 Å². The minimum Gasteiger partial charge on any atom is -0.323 e. The fraction of sp³-hybridized carbons (Fsp3) is 0.143. The molecule has 0 bridgehead atoms. The topological polar surface area (TPSA) is 63.1 Å². The van der Waals surface area contributed by atoms with Gasteiger partial charge in [0.05, 0.1) is 11.3 Å². The zero-order chi connectivity index (χ0) is 17.9. The smallest absolute Gasteiger partial charge is 0.271 e. The van der Waals surface area contributed by atoms with Crippen LogP contribution in [0.15, 0.2) is 67.0 Å². The van der Waals surface area contributed by atoms with Crippen LogP contribution in [-0.4, -0.2) is 16.4 Å². The van der Waals surface area contributed by atoms with E-state index in [9.17, 15) is 9.59 Å². The van der Waals surface area contributed by atoms with Gasteiger partial charge >= 0.3 is 0 Å². The molecule has 5 nitrogen and oxygen atoms in total. The Kier molecular flexibility index (Phi) is 4.27. The van der Waals surface area contributed by atoms with Crippen molar-refractivity contribution < 1.29 is 9.59 Å². The molecule has 1 heterocycles. The molecule has 5 heteroatoms. The van der Waals surface area contributed by atoms with E-state index in [2.05, 4.69) is 10.9 Å². The molecule has 26 heavy (non-hydrogen) atoms. The predicted molar refractivity (Wildman–Crippen MR) is 99.2 cm³/mol. The summed E-state index contributed by atoms with van der Waals surface area (Å²) in [4.78, 5) is 24.9. The Labute approximate surface area is 151 Å². The number of hydrazine groups is 1. The molecule has 0 unspecified atom stereocenters. The molecule has 0 fully saturated rings. The predicted octanol–water partition coefficient (Wildman–Crippen LogP) is 3.04. The first-order chi connectivity index (χ1) is 12.7. The summed E-state index contributed by atoms with van der Waals surface area (Å²) in [5, 5.41) is 0. The van der Waals surface area contributed by atoms with Crippen LogP contribution in [0.5, 0.6) is 0 Å². The van der Waals surface area contributed by atoms with Crippen LogP contribution < -0.4 is 10.9 Å². The standard InChI is InChI=1S/C21H19N3O2/c25-20(17-11-10-15-6-5-7-16(15)14-17)22-23-21(26)18-8-1-2-9-19(18)24-12-3-4-13-24/h1-4,8-14H,5-7H2,(H,22,25)(H,23,26). The second-order valence-corrected chi connectivity index (χ2v) is 6.35. The lowest BCUT2D eigenvalue weighted by Gasteiger charge is -2.12. The highest BCUT2D eigenvalue weighted by Gasteiger charge is 2.16. The summed E-state index contributed by atoms with van der Waals surface area (Å²) in [6.07, 6.45) is 6.95. The summed E-state index contributed by atoms with van der Waals surface area (Å²) in [7, 11) is 0. The normalized spacial score (nSPS) is 12.5. The second kappa shape index (κ2) is 6.88. The fourth-order valence-corrected chi connectivity index (χ4v) is 3.35. The first-order valence-corrected chi connectivity index (χ1v) is 8.67. The Morgan fingerprint density at radius 1 is 0.808 bits per heavy atom. The molecule has 1 aliphatic rings. The van der Waals surface area contributed by atoms with Crippen molar-refractivity contribution in [2.45, 2.75) is 19.3 Å². The van der Waals surface area contributed by atoms with Crippen molar-refractivity contribution >= 4 is 11.8 Å². The van der Waals surface area contributed by atoms with E-state index >= 15 is 0 Å². The van der Waals surface area contributed by atoms with Gasteiger partial charge in [0.25, 0.3) is 11.8 Å². The molecule has 2 N–H and O–H groups in total. The minimum atomic E-state index is -0.358. The summed E-state index contributed by atoms with van der Waals surface area (Å²) >= 11 is 0. The number of amides is 2. The van der Waals surface area contributed by atoms with Gasteiger partial charge in [-0.05, 0) is 66.8 Å². The van der Waals surface area contributed by atoms with Gasteiger partial charge < -0.3 is 4.57 Å². The van der Waals surface area contributed by atoms with Crippen molar-refractivity contribution in [2.24, 2.45) is 0 Å². The highest BCUT2D eigenvalue weighted by atomic mass is 16.2. The largest absolute Gasteiger partial charge is 0.323 e. The van der Waals surface area contributed by atoms with Crippen LogP contribution in [0.4, 0.5) is 0 Å². The molecule has 130 valence electrons. The van der Waals surface area contributed by atoms with Gasteiger partial charge in [-0.1, -0.05) is 18.2 Å². The summed E-state index contributed by atoms with van der Waals surface area (Å²) < 4.78 is 1.86. The van der Waals surface area contributed by atoms with Crippen LogP contribution in [0, 0.1) is 0 Å². The number of aromatic nitrogens is 1. The Balaban J connectivity index is 1.47. The summed E-state index contributed by atoms with van der Waals surface area (Å²) in [5.74, 6) is -0.671. The molecule has 4 rings (SSSR count). The van der Waals surface area contributed by atoms with Gasteiger partial charge in [-0.2, -0.15) is 0 Å². The molecule has 0 atom stereocenters. The maximum Gasteiger partial charge on any atom is 0.271 e. The third kappa shape index (κ3) is 3.11. The van der Waals surface area contributed by atoms with Crippen LogP contribution in [0.25, 0.3) is 5.69 Å². The molecule has 0 saturated carbocycles. The molecule has 0 radical (unpaired) electrons. The lowest BCUT2D eigenvalue weighted by Crippen LogP contribution is -2.42. The fourth-order valence-electron chi connectivity index (χ4n) is 3.35. The Morgan fingerprint density at radius 2 is 1.54 bits per heavy atom. The lowest BCUT2D eigenvalue weighted by molar-refractivity contribution is 0.0846. The number of nitrogens with one attached hydrogen (secondary N) is 2. The van der Waals surface area contributed by atoms with Crippen molar-refractivity contribution in [2.75, 3.05) is 0 Å². The number of fused-ring (bicyclic) bond motifs is 1. The van der Waals surface area contributed by atoms with Gasteiger partial charge in [0.2, 0.25) is 0 Å². The molecule has 2 aromatic carbocycles. The number of benzene rings is 2. The third-order valence-corrected chi connectivity index (χ3v) is 4.68. The maximum atomic E-state index is 12.5. The van der Waals surface area contributed by atoms with Gasteiger partial charge in [0.1, 0.15) is 0 Å². The molecule has 0 aliphatic heterocycles. The zero-order valence-electron chi connectivity index (χ0n) is 14.2. The van der Waals surface area contributed by atoms with Crippen molar-refractivity contribution in [3.63, 3.8) is 0 Å². The quantitative estimate of drug-likeness (QED) is 0.717. The molecule has 1 aliphatic carbocycles. The first-order valence-electron chi connectivity index (χ1n) is 8.67. The monoisotopic (exact) mass is 345 g/mol. The molecule has 0 spiro atoms. The molecular weight excluding hydrogens is 326 g/mol. The third-order valence-electron chi connectivity index (χ3n) is 4.68. The summed E-state index contributed by atoms with van der Waals surface area (Å²) in [6.45, 7) is 0. The van der Waals surface area contributed by atoms with Crippen molar-refractivity contribution in [3.05, 3.63) is 89.2 Å². The van der Waals surface area contributed by atoms with Crippen molar-refractivity contribution in [1.82, 2.24) is 15.4 Å². The van der Waals surface area contributed by atoms with E-state index < -0.39 is 0 Å². The molecule has 2 amide bonds. The number of nitrogens with zero attached hydrogens (tertiary/aromatic N) is 1. The Bertz CT molecular complexity index is 961. The van der Waals surface area contributed by atoms with Crippen LogP contribution in [0.3, 0.4) is 0 Å². The van der Waals surface area contributed by atoms with E-state index in [0.29, 0.717) is 11.1 Å². The Morgan fingerprint density at radius 3 is 2.38 bits per heavy atom. The molecule has 0 saturated heterocycles. The van der Waals surface area contributed by atoms with E-state index in [4.69, 9.17) is 0 Å². The number of aryl methyl sites for hydroxylation is 2. The van der Waals surface area contributed by atoms with Gasteiger partial charge in [-0.25, -0.2) is 0 Å². The summed E-state index contributed by atoms with van der Waals surface area (Å²) in [6, 6.07) is 16.8. The van der Waals surface area contributed by atoms with E-state index in [0.717, 1.165) is 24.9 Å². The maximum absolute atomic E-state index is 12.5. The highest BCUT2D eigenvalue weighted by molar-refractivity contribution is 6.01. The van der Waals surface area contributed by atoms with E-state index in [-0.39, 0.29) is 11.8 Å². The number of carbonyl (C=O) groups excluding carboxylic acids is 2. The summed E-state index contributed by atoms with van der Waals surface area (Å²) in [5.41, 5.74) is 9.36. The second-order valence-electron chi connectivity index (χ2n) is 6.35. The van der Waals surface area contributed by atoms with Crippen LogP contribution in [0.1, 0.15) is 38.3 Å². The number of carbonyl (C=O) groups is 2. The minimum absolute atomic E-state index is 0.313. The average molecular weight is 345 g/mol. The van der Waals surface area contributed by atoms with Crippen LogP contribution in [0.2, 0.25) is 0 Å². The zero-order valence-corrected chi connectivity index (χ0v) is 14.2. The van der Waals surface area contributed by atoms with Crippen molar-refractivity contribution in [3.8, 4) is 5.69 Å². The van der Waals surface area contributed by atoms with E-state index in [1.54, 1.807) is 18.2 Å². The van der Waals surface area contributed by atoms with Gasteiger partial charge in [0.15, 0.2) is 0 Å². The van der Waals surface area contributed by atoms with Crippen molar-refractivity contribution in [1.29, 1.82) is 0 Å². The van der Waals surface area contributed by atoms with E-state index in [1.807, 2.05) is 53.4 Å². The molecular formula is C21H19N3O2. The first kappa shape index (κ1) is 16.1. The lowest BCUT2D eigenvalue weighted by atomic mass is 10.1. The SMILES string of the molecule is O=C(NNC(=O)c1ccccc1-n1cccc1)c1ccc2c(c1)CCC2. The molecule has 1 aromatic heterocycles. The molecule has 3 aromatic rings. The number of hydrogen-bond donors (Lipinski definition) is 2. The van der Waals surface area contributed by atoms with Gasteiger partial charge in [0, 0.05) is 18.0 Å². The highest BCUT2D eigenvalue weighted by Crippen LogP contribution is 2.22. The average Bonchev–Trinajstić information content (AvgIpc) is 3.36. The number of para-hydroxylation sites is 1. The number of hydrogen-bond acceptors (Lipinski definition) is 2. The van der Waals surface area contributed by atoms with Gasteiger partial charge in [-0.15, -0.1) is 0 Å². The van der Waals surface area contributed by atoms with Crippen LogP contribution >= 0.6 is 0 Å². The van der Waals surface area contributed by atoms with Gasteiger partial charge in [-0.3, -0.25) is 20.4 Å².